The monoisotopic (exact) mass is 465 g/mol. The molecule has 0 spiro atoms. The quantitative estimate of drug-likeness (QED) is 0.296. The zero-order valence-corrected chi connectivity index (χ0v) is 20.2. The summed E-state index contributed by atoms with van der Waals surface area (Å²) < 4.78 is 6.74. The van der Waals surface area contributed by atoms with Crippen LogP contribution in [0.1, 0.15) is 109 Å². The van der Waals surface area contributed by atoms with E-state index >= 15 is 0 Å². The molecule has 0 unspecified atom stereocenters. The number of ether oxygens (including phenoxy) is 1. The average molecular weight is 466 g/mol. The summed E-state index contributed by atoms with van der Waals surface area (Å²) >= 11 is 0. The van der Waals surface area contributed by atoms with E-state index in [9.17, 15) is 19.8 Å². The molecule has 0 bridgehead atoms. The molecule has 1 aromatic rings. The molecule has 8 heteroatoms. The number of aromatic nitrogens is 2. The van der Waals surface area contributed by atoms with E-state index in [4.69, 9.17) is 4.74 Å². The van der Waals surface area contributed by atoms with Crippen LogP contribution in [-0.2, 0) is 9.53 Å². The predicted octanol–water partition coefficient (Wildman–Crippen LogP) is 4.30. The predicted molar refractivity (Wildman–Crippen MR) is 129 cm³/mol. The Kier molecular flexibility index (Phi) is 13.3. The van der Waals surface area contributed by atoms with Gasteiger partial charge in [-0.2, -0.15) is 4.98 Å². The van der Waals surface area contributed by atoms with Crippen LogP contribution >= 0.6 is 0 Å². The van der Waals surface area contributed by atoms with Gasteiger partial charge < -0.3 is 20.3 Å². The molecule has 1 fully saturated rings. The Morgan fingerprint density at radius 1 is 1.06 bits per heavy atom. The van der Waals surface area contributed by atoms with Crippen molar-refractivity contribution in [3.63, 3.8) is 0 Å². The maximum absolute atomic E-state index is 12.3. The topological polar surface area (TPSA) is 114 Å². The van der Waals surface area contributed by atoms with Gasteiger partial charge in [-0.05, 0) is 12.5 Å². The second-order valence-corrected chi connectivity index (χ2v) is 9.16. The Hall–Kier alpha value is -1.77. The molecular weight excluding hydrogens is 422 g/mol. The number of nitrogens with one attached hydrogen (secondary N) is 1. The van der Waals surface area contributed by atoms with Crippen molar-refractivity contribution in [2.24, 2.45) is 0 Å². The van der Waals surface area contributed by atoms with E-state index in [0.29, 0.717) is 6.42 Å². The van der Waals surface area contributed by atoms with Crippen LogP contribution in [0.3, 0.4) is 0 Å². The number of amides is 1. The molecule has 3 N–H and O–H groups in total. The van der Waals surface area contributed by atoms with Crippen LogP contribution < -0.4 is 11.0 Å². The van der Waals surface area contributed by atoms with Crippen molar-refractivity contribution in [2.75, 3.05) is 11.9 Å². The van der Waals surface area contributed by atoms with E-state index in [1.807, 2.05) is 0 Å². The van der Waals surface area contributed by atoms with Crippen molar-refractivity contribution in [1.29, 1.82) is 0 Å². The first-order chi connectivity index (χ1) is 16.0. The first kappa shape index (κ1) is 27.5. The van der Waals surface area contributed by atoms with Crippen molar-refractivity contribution < 1.29 is 19.7 Å². The van der Waals surface area contributed by atoms with E-state index in [1.54, 1.807) is 6.07 Å². The van der Waals surface area contributed by atoms with Gasteiger partial charge in [0.1, 0.15) is 18.1 Å². The van der Waals surface area contributed by atoms with Gasteiger partial charge in [0.15, 0.2) is 0 Å². The molecule has 188 valence electrons. The van der Waals surface area contributed by atoms with Gasteiger partial charge >= 0.3 is 5.69 Å². The largest absolute Gasteiger partial charge is 0.394 e. The first-order valence-corrected chi connectivity index (χ1v) is 12.9. The second kappa shape index (κ2) is 16.0. The second-order valence-electron chi connectivity index (χ2n) is 9.16. The number of carbonyl (C=O) groups is 1. The van der Waals surface area contributed by atoms with E-state index in [-0.39, 0.29) is 24.8 Å². The van der Waals surface area contributed by atoms with E-state index in [0.717, 1.165) is 19.3 Å². The zero-order valence-electron chi connectivity index (χ0n) is 20.2. The highest BCUT2D eigenvalue weighted by Crippen LogP contribution is 2.27. The summed E-state index contributed by atoms with van der Waals surface area (Å²) in [6.07, 6.45) is 16.3. The smallest absolute Gasteiger partial charge is 0.351 e. The van der Waals surface area contributed by atoms with Gasteiger partial charge in [-0.1, -0.05) is 84.0 Å². The lowest BCUT2D eigenvalue weighted by atomic mass is 10.0. The van der Waals surface area contributed by atoms with Gasteiger partial charge in [0.25, 0.3) is 0 Å². The Labute approximate surface area is 197 Å². The summed E-state index contributed by atoms with van der Waals surface area (Å²) in [5.74, 6) is 0.0730. The van der Waals surface area contributed by atoms with E-state index in [2.05, 4.69) is 17.2 Å². The minimum atomic E-state index is -0.827. The molecule has 3 atom stereocenters. The lowest BCUT2D eigenvalue weighted by Gasteiger charge is -2.14. The summed E-state index contributed by atoms with van der Waals surface area (Å²) in [5, 5.41) is 21.7. The van der Waals surface area contributed by atoms with Gasteiger partial charge in [-0.25, -0.2) is 4.79 Å². The molecule has 8 nitrogen and oxygen atoms in total. The van der Waals surface area contributed by atoms with Gasteiger partial charge in [0.05, 0.1) is 12.7 Å². The van der Waals surface area contributed by atoms with Crippen LogP contribution in [0.15, 0.2) is 17.1 Å². The molecule has 2 rings (SSSR count). The summed E-state index contributed by atoms with van der Waals surface area (Å²) in [6, 6.07) is 1.55. The number of anilines is 1. The van der Waals surface area contributed by atoms with Gasteiger partial charge in [-0.3, -0.25) is 9.36 Å². The molecule has 33 heavy (non-hydrogen) atoms. The standard InChI is InChI=1S/C25H43N3O5/c1-2-3-4-5-6-7-8-9-10-11-12-13-14-15-23(31)26-22-16-17-28(25(32)27-22)24-18-20(30)21(19-29)33-24/h16-17,20-21,24,29-30H,2-15,18-19H2,1H3,(H,26,27,31,32)/t20-,21+,24+/m0/s1. The SMILES string of the molecule is CCCCCCCCCCCCCCCC(=O)Nc1ccn([C@H]2C[C@H](O)[C@@H](CO)O2)c(=O)n1. The lowest BCUT2D eigenvalue weighted by molar-refractivity contribution is -0.116. The van der Waals surface area contributed by atoms with Crippen LogP contribution in [0.4, 0.5) is 5.82 Å². The summed E-state index contributed by atoms with van der Waals surface area (Å²) in [5.41, 5.74) is -0.565. The van der Waals surface area contributed by atoms with Crippen molar-refractivity contribution in [1.82, 2.24) is 9.55 Å². The summed E-state index contributed by atoms with van der Waals surface area (Å²) in [6.45, 7) is 1.94. The molecule has 1 saturated heterocycles. The van der Waals surface area contributed by atoms with Crippen LogP contribution in [0, 0.1) is 0 Å². The molecule has 0 radical (unpaired) electrons. The number of hydrogen-bond acceptors (Lipinski definition) is 6. The highest BCUT2D eigenvalue weighted by Gasteiger charge is 2.34. The third-order valence-corrected chi connectivity index (χ3v) is 6.30. The lowest BCUT2D eigenvalue weighted by Crippen LogP contribution is -2.28. The summed E-state index contributed by atoms with van der Waals surface area (Å²) in [7, 11) is 0. The van der Waals surface area contributed by atoms with Crippen molar-refractivity contribution in [3.05, 3.63) is 22.7 Å². The van der Waals surface area contributed by atoms with E-state index < -0.39 is 24.1 Å². The fraction of sp³-hybridized carbons (Fsp3) is 0.800. The number of hydrogen-bond donors (Lipinski definition) is 3. The summed E-state index contributed by atoms with van der Waals surface area (Å²) in [4.78, 5) is 28.3. The van der Waals surface area contributed by atoms with Crippen molar-refractivity contribution in [3.8, 4) is 0 Å². The number of nitrogens with zero attached hydrogens (tertiary/aromatic N) is 2. The molecule has 1 aromatic heterocycles. The van der Waals surface area contributed by atoms with Gasteiger partial charge in [0, 0.05) is 19.0 Å². The van der Waals surface area contributed by atoms with Crippen molar-refractivity contribution in [2.45, 2.75) is 122 Å². The van der Waals surface area contributed by atoms with Crippen molar-refractivity contribution >= 4 is 11.7 Å². The first-order valence-electron chi connectivity index (χ1n) is 12.9. The number of unbranched alkanes of at least 4 members (excludes halogenated alkanes) is 12. The Balaban J connectivity index is 1.54. The Bertz CT molecular complexity index is 739. The fourth-order valence-corrected chi connectivity index (χ4v) is 4.26. The van der Waals surface area contributed by atoms with Gasteiger partial charge in [-0.15, -0.1) is 0 Å². The molecule has 0 saturated carbocycles. The van der Waals surface area contributed by atoms with Gasteiger partial charge in [0.2, 0.25) is 5.91 Å². The highest BCUT2D eigenvalue weighted by atomic mass is 16.5. The Morgan fingerprint density at radius 2 is 1.64 bits per heavy atom. The molecule has 1 aliphatic rings. The van der Waals surface area contributed by atoms with E-state index in [1.165, 1.54) is 75.0 Å². The number of aliphatic hydroxyl groups is 2. The molecule has 2 heterocycles. The third-order valence-electron chi connectivity index (χ3n) is 6.30. The maximum atomic E-state index is 12.3. The van der Waals surface area contributed by atoms with Crippen LogP contribution in [0.5, 0.6) is 0 Å². The number of rotatable bonds is 17. The molecule has 1 amide bonds. The minimum Gasteiger partial charge on any atom is -0.394 e. The normalized spacial score (nSPS) is 20.3. The molecule has 1 aliphatic heterocycles. The molecule has 0 aliphatic carbocycles. The molecule has 0 aromatic carbocycles. The Morgan fingerprint density at radius 3 is 2.15 bits per heavy atom. The maximum Gasteiger partial charge on any atom is 0.351 e. The highest BCUT2D eigenvalue weighted by molar-refractivity contribution is 5.89. The van der Waals surface area contributed by atoms with Crippen LogP contribution in [0.25, 0.3) is 0 Å². The average Bonchev–Trinajstić information content (AvgIpc) is 3.17. The minimum absolute atomic E-state index is 0.143. The third kappa shape index (κ3) is 10.4. The number of carbonyl (C=O) groups excluding carboxylic acids is 1. The number of aliphatic hydroxyl groups excluding tert-OH is 2. The van der Waals surface area contributed by atoms with Crippen LogP contribution in [0.2, 0.25) is 0 Å². The fourth-order valence-electron chi connectivity index (χ4n) is 4.26. The zero-order chi connectivity index (χ0) is 23.9. The molecular formula is C25H43N3O5. The van der Waals surface area contributed by atoms with Crippen LogP contribution in [-0.4, -0.2) is 44.5 Å².